The Morgan fingerprint density at radius 3 is 1.78 bits per heavy atom. The molecule has 0 aliphatic rings. The minimum atomic E-state index is 0.00893. The van der Waals surface area contributed by atoms with Crippen LogP contribution in [0.25, 0.3) is 0 Å². The molecule has 36 heavy (non-hydrogen) atoms. The lowest BCUT2D eigenvalue weighted by molar-refractivity contribution is 0.0117. The zero-order valence-corrected chi connectivity index (χ0v) is 21.4. The Balaban J connectivity index is 1.56. The van der Waals surface area contributed by atoms with Crippen LogP contribution in [0.5, 0.6) is 11.5 Å². The van der Waals surface area contributed by atoms with E-state index in [4.69, 9.17) is 24.2 Å². The van der Waals surface area contributed by atoms with Crippen LogP contribution in [0.15, 0.2) is 78.9 Å². The zero-order chi connectivity index (χ0) is 25.4. The fourth-order valence-electron chi connectivity index (χ4n) is 4.12. The van der Waals surface area contributed by atoms with Crippen LogP contribution in [-0.2, 0) is 22.7 Å². The monoisotopic (exact) mass is 487 g/mol. The second-order valence-electron chi connectivity index (χ2n) is 8.82. The molecule has 0 bridgehead atoms. The maximum Gasteiger partial charge on any atom is 0.118 e. The van der Waals surface area contributed by atoms with Crippen LogP contribution in [0.4, 0.5) is 0 Å². The molecule has 0 aromatic heterocycles. The van der Waals surface area contributed by atoms with Gasteiger partial charge in [0.05, 0.1) is 45.7 Å². The van der Waals surface area contributed by atoms with Gasteiger partial charge in [-0.3, -0.25) is 0 Å². The van der Waals surface area contributed by atoms with E-state index in [9.17, 15) is 0 Å². The van der Waals surface area contributed by atoms with Crippen LogP contribution in [-0.4, -0.2) is 20.3 Å². The van der Waals surface area contributed by atoms with Gasteiger partial charge in [0.25, 0.3) is 0 Å². The molecule has 0 spiro atoms. The summed E-state index contributed by atoms with van der Waals surface area (Å²) >= 11 is 0. The number of rotatable bonds is 16. The predicted molar refractivity (Wildman–Crippen MR) is 142 cm³/mol. The maximum atomic E-state index is 8.97. The molecule has 0 saturated heterocycles. The van der Waals surface area contributed by atoms with Gasteiger partial charge >= 0.3 is 0 Å². The summed E-state index contributed by atoms with van der Waals surface area (Å²) in [5, 5.41) is 8.97. The molecule has 3 rings (SSSR count). The Hall–Kier alpha value is -3.33. The van der Waals surface area contributed by atoms with Crippen LogP contribution < -0.4 is 9.47 Å². The van der Waals surface area contributed by atoms with Crippen molar-refractivity contribution < 1.29 is 18.9 Å². The lowest BCUT2D eigenvalue weighted by Gasteiger charge is -2.21. The van der Waals surface area contributed by atoms with Crippen molar-refractivity contribution in [1.82, 2.24) is 0 Å². The molecule has 0 fully saturated rings. The minimum absolute atomic E-state index is 0.00893. The second kappa shape index (κ2) is 15.6. The molecule has 0 amide bonds. The molecule has 190 valence electrons. The summed E-state index contributed by atoms with van der Waals surface area (Å²) in [6.45, 7) is 1.10. The molecule has 0 aliphatic carbocycles. The molecule has 5 heteroatoms. The van der Waals surface area contributed by atoms with Crippen molar-refractivity contribution in [3.8, 4) is 17.6 Å². The van der Waals surface area contributed by atoms with Crippen molar-refractivity contribution in [2.45, 2.75) is 63.9 Å². The standard InChI is InChI=1S/C31H37NO4/c1-33-28-18-14-25(15-19-28)23-35-30(11-6-7-22-32)12-8-13-31(27-9-4-3-5-10-27)36-24-26-16-20-29(34-2)21-17-26/h3-5,9-10,14-21,30-31H,6-8,11-13,23-24H2,1-2H3/t30-,31+/m1/s1. The van der Waals surface area contributed by atoms with Crippen molar-refractivity contribution in [2.75, 3.05) is 14.2 Å². The molecule has 2 atom stereocenters. The smallest absolute Gasteiger partial charge is 0.118 e. The van der Waals surface area contributed by atoms with Gasteiger partial charge in [0.15, 0.2) is 0 Å². The van der Waals surface area contributed by atoms with E-state index in [1.54, 1.807) is 14.2 Å². The highest BCUT2D eigenvalue weighted by Gasteiger charge is 2.15. The van der Waals surface area contributed by atoms with Crippen LogP contribution in [0.2, 0.25) is 0 Å². The number of benzene rings is 3. The number of nitriles is 1. The lowest BCUT2D eigenvalue weighted by Crippen LogP contribution is -2.14. The Morgan fingerprint density at radius 1 is 0.667 bits per heavy atom. The van der Waals surface area contributed by atoms with Gasteiger partial charge in [-0.2, -0.15) is 5.26 Å². The summed E-state index contributed by atoms with van der Waals surface area (Å²) in [5.41, 5.74) is 3.42. The second-order valence-corrected chi connectivity index (χ2v) is 8.82. The van der Waals surface area contributed by atoms with E-state index >= 15 is 0 Å². The van der Waals surface area contributed by atoms with E-state index in [-0.39, 0.29) is 12.2 Å². The molecular weight excluding hydrogens is 450 g/mol. The van der Waals surface area contributed by atoms with Crippen molar-refractivity contribution in [3.05, 3.63) is 95.6 Å². The summed E-state index contributed by atoms with van der Waals surface area (Å²) in [7, 11) is 3.34. The van der Waals surface area contributed by atoms with E-state index in [2.05, 4.69) is 30.3 Å². The normalized spacial score (nSPS) is 12.5. The first-order valence-electron chi connectivity index (χ1n) is 12.6. The van der Waals surface area contributed by atoms with E-state index < -0.39 is 0 Å². The highest BCUT2D eigenvalue weighted by molar-refractivity contribution is 5.27. The van der Waals surface area contributed by atoms with Gasteiger partial charge < -0.3 is 18.9 Å². The fourth-order valence-corrected chi connectivity index (χ4v) is 4.12. The van der Waals surface area contributed by atoms with Gasteiger partial charge in [0, 0.05) is 6.42 Å². The number of methoxy groups -OCH3 is 2. The Morgan fingerprint density at radius 2 is 1.22 bits per heavy atom. The minimum Gasteiger partial charge on any atom is -0.497 e. The van der Waals surface area contributed by atoms with Gasteiger partial charge in [-0.25, -0.2) is 0 Å². The van der Waals surface area contributed by atoms with E-state index in [0.29, 0.717) is 19.6 Å². The van der Waals surface area contributed by atoms with Crippen LogP contribution >= 0.6 is 0 Å². The van der Waals surface area contributed by atoms with Crippen molar-refractivity contribution in [1.29, 1.82) is 5.26 Å². The third kappa shape index (κ3) is 9.37. The summed E-state index contributed by atoms with van der Waals surface area (Å²) in [6, 6.07) is 28.6. The SMILES string of the molecule is COc1ccc(CO[C@H](CCCC#N)CCC[C@H](OCc2ccc(OC)cc2)c2ccccc2)cc1. The molecule has 5 nitrogen and oxygen atoms in total. The number of ether oxygens (including phenoxy) is 4. The molecule has 0 radical (unpaired) electrons. The molecule has 0 saturated carbocycles. The third-order valence-electron chi connectivity index (χ3n) is 6.23. The van der Waals surface area contributed by atoms with E-state index in [1.165, 1.54) is 5.56 Å². The largest absolute Gasteiger partial charge is 0.497 e. The lowest BCUT2D eigenvalue weighted by atomic mass is 10.00. The average Bonchev–Trinajstić information content (AvgIpc) is 2.94. The first-order valence-corrected chi connectivity index (χ1v) is 12.6. The van der Waals surface area contributed by atoms with Gasteiger partial charge in [-0.05, 0) is 73.1 Å². The topological polar surface area (TPSA) is 60.7 Å². The van der Waals surface area contributed by atoms with Gasteiger partial charge in [0.2, 0.25) is 0 Å². The van der Waals surface area contributed by atoms with Gasteiger partial charge in [-0.1, -0.05) is 54.6 Å². The summed E-state index contributed by atoms with van der Waals surface area (Å²) in [6.07, 6.45) is 5.21. The van der Waals surface area contributed by atoms with Crippen molar-refractivity contribution in [2.24, 2.45) is 0 Å². The number of nitrogens with zero attached hydrogens (tertiary/aromatic N) is 1. The van der Waals surface area contributed by atoms with Crippen molar-refractivity contribution in [3.63, 3.8) is 0 Å². The Bertz CT molecular complexity index is 1030. The highest BCUT2D eigenvalue weighted by atomic mass is 16.5. The van der Waals surface area contributed by atoms with E-state index in [1.807, 2.05) is 54.6 Å². The fraction of sp³-hybridized carbons (Fsp3) is 0.387. The number of unbranched alkanes of at least 4 members (excludes halogenated alkanes) is 1. The molecule has 3 aromatic rings. The molecule has 0 heterocycles. The highest BCUT2D eigenvalue weighted by Crippen LogP contribution is 2.27. The van der Waals surface area contributed by atoms with Crippen molar-refractivity contribution >= 4 is 0 Å². The number of hydrogen-bond acceptors (Lipinski definition) is 5. The molecule has 0 unspecified atom stereocenters. The van der Waals surface area contributed by atoms with E-state index in [0.717, 1.165) is 54.7 Å². The average molecular weight is 488 g/mol. The van der Waals surface area contributed by atoms with Crippen LogP contribution in [0.3, 0.4) is 0 Å². The molecule has 3 aromatic carbocycles. The Labute approximate surface area is 215 Å². The first kappa shape index (κ1) is 27.3. The van der Waals surface area contributed by atoms with Crippen LogP contribution in [0.1, 0.15) is 61.3 Å². The Kier molecular flexibility index (Phi) is 11.8. The summed E-state index contributed by atoms with van der Waals surface area (Å²) in [5.74, 6) is 1.68. The quantitative estimate of drug-likeness (QED) is 0.197. The summed E-state index contributed by atoms with van der Waals surface area (Å²) < 4.78 is 23.2. The molecule has 0 aliphatic heterocycles. The molecule has 0 N–H and O–H groups in total. The van der Waals surface area contributed by atoms with Gasteiger partial charge in [-0.15, -0.1) is 0 Å². The maximum absolute atomic E-state index is 8.97. The predicted octanol–water partition coefficient (Wildman–Crippen LogP) is 7.41. The zero-order valence-electron chi connectivity index (χ0n) is 21.4. The van der Waals surface area contributed by atoms with Crippen LogP contribution in [0, 0.1) is 11.3 Å². The van der Waals surface area contributed by atoms with Gasteiger partial charge in [0.1, 0.15) is 11.5 Å². The molecular formula is C31H37NO4. The summed E-state index contributed by atoms with van der Waals surface area (Å²) in [4.78, 5) is 0. The number of hydrogen-bond donors (Lipinski definition) is 0. The third-order valence-corrected chi connectivity index (χ3v) is 6.23. The first-order chi connectivity index (χ1) is 17.7.